The summed E-state index contributed by atoms with van der Waals surface area (Å²) in [6.07, 6.45) is 4.27. The van der Waals surface area contributed by atoms with E-state index in [9.17, 15) is 0 Å². The van der Waals surface area contributed by atoms with Crippen LogP contribution in [0.4, 0.5) is 0 Å². The van der Waals surface area contributed by atoms with Gasteiger partial charge in [-0.05, 0) is 25.3 Å². The Morgan fingerprint density at radius 3 is 2.50 bits per heavy atom. The molecule has 0 bridgehead atoms. The molecular formula is C9H19NO2. The van der Waals surface area contributed by atoms with Gasteiger partial charge in [-0.25, -0.2) is 0 Å². The third-order valence-electron chi connectivity index (χ3n) is 2.85. The molecule has 1 fully saturated rings. The first-order chi connectivity index (χ1) is 5.76. The van der Waals surface area contributed by atoms with Crippen LogP contribution < -0.4 is 5.73 Å². The van der Waals surface area contributed by atoms with E-state index in [1.54, 1.807) is 14.2 Å². The van der Waals surface area contributed by atoms with Gasteiger partial charge in [0.2, 0.25) is 0 Å². The Hall–Kier alpha value is -0.120. The number of methoxy groups -OCH3 is 2. The molecule has 1 saturated carbocycles. The zero-order valence-electron chi connectivity index (χ0n) is 8.01. The topological polar surface area (TPSA) is 44.5 Å². The summed E-state index contributed by atoms with van der Waals surface area (Å²) >= 11 is 0. The molecule has 2 N–H and O–H groups in total. The first-order valence-corrected chi connectivity index (χ1v) is 4.56. The minimum Gasteiger partial charge on any atom is -0.353 e. The lowest BCUT2D eigenvalue weighted by Crippen LogP contribution is -2.30. The van der Waals surface area contributed by atoms with Gasteiger partial charge in [-0.3, -0.25) is 0 Å². The Balaban J connectivity index is 2.41. The van der Waals surface area contributed by atoms with E-state index in [4.69, 9.17) is 15.2 Å². The Labute approximate surface area is 74.2 Å². The van der Waals surface area contributed by atoms with Crippen LogP contribution >= 0.6 is 0 Å². The van der Waals surface area contributed by atoms with Crippen molar-refractivity contribution in [3.63, 3.8) is 0 Å². The molecular weight excluding hydrogens is 154 g/mol. The summed E-state index contributed by atoms with van der Waals surface area (Å²) in [7, 11) is 3.43. The molecule has 0 spiro atoms. The second-order valence-corrected chi connectivity index (χ2v) is 3.51. The highest BCUT2D eigenvalue weighted by Gasteiger charge is 2.38. The monoisotopic (exact) mass is 173 g/mol. The SMILES string of the molecule is COC1(OC)CCC(CCN)C1. The summed E-state index contributed by atoms with van der Waals surface area (Å²) in [5.74, 6) is 0.384. The number of hydrogen-bond donors (Lipinski definition) is 1. The van der Waals surface area contributed by atoms with Crippen molar-refractivity contribution in [3.05, 3.63) is 0 Å². The summed E-state index contributed by atoms with van der Waals surface area (Å²) in [5, 5.41) is 0. The van der Waals surface area contributed by atoms with Crippen LogP contribution in [-0.2, 0) is 9.47 Å². The van der Waals surface area contributed by atoms with Crippen LogP contribution in [0.25, 0.3) is 0 Å². The highest BCUT2D eigenvalue weighted by Crippen LogP contribution is 2.38. The highest BCUT2D eigenvalue weighted by atomic mass is 16.7. The van der Waals surface area contributed by atoms with Crippen molar-refractivity contribution in [1.82, 2.24) is 0 Å². The molecule has 0 radical (unpaired) electrons. The molecule has 3 nitrogen and oxygen atoms in total. The van der Waals surface area contributed by atoms with Crippen LogP contribution in [0.3, 0.4) is 0 Å². The van der Waals surface area contributed by atoms with Crippen molar-refractivity contribution in [1.29, 1.82) is 0 Å². The molecule has 1 unspecified atom stereocenters. The lowest BCUT2D eigenvalue weighted by Gasteiger charge is -2.25. The highest BCUT2D eigenvalue weighted by molar-refractivity contribution is 4.83. The van der Waals surface area contributed by atoms with Gasteiger partial charge in [0.15, 0.2) is 5.79 Å². The standard InChI is InChI=1S/C9H19NO2/c1-11-9(12-2)5-3-8(7-9)4-6-10/h8H,3-7,10H2,1-2H3. The maximum atomic E-state index is 5.50. The first kappa shape index (κ1) is 9.96. The Kier molecular flexibility index (Phi) is 3.50. The average Bonchev–Trinajstić information content (AvgIpc) is 2.50. The lowest BCUT2D eigenvalue weighted by atomic mass is 10.0. The van der Waals surface area contributed by atoms with Crippen molar-refractivity contribution in [2.45, 2.75) is 31.5 Å². The maximum Gasteiger partial charge on any atom is 0.167 e. The smallest absolute Gasteiger partial charge is 0.167 e. The molecule has 0 heterocycles. The summed E-state index contributed by atoms with van der Waals surface area (Å²) in [6.45, 7) is 0.772. The molecule has 12 heavy (non-hydrogen) atoms. The molecule has 1 atom stereocenters. The maximum absolute atomic E-state index is 5.50. The lowest BCUT2D eigenvalue weighted by molar-refractivity contribution is -0.202. The van der Waals surface area contributed by atoms with E-state index in [1.807, 2.05) is 0 Å². The largest absolute Gasteiger partial charge is 0.353 e. The Morgan fingerprint density at radius 2 is 2.08 bits per heavy atom. The van der Waals surface area contributed by atoms with E-state index >= 15 is 0 Å². The van der Waals surface area contributed by atoms with E-state index in [2.05, 4.69) is 0 Å². The summed E-state index contributed by atoms with van der Waals surface area (Å²) in [6, 6.07) is 0. The van der Waals surface area contributed by atoms with Crippen LogP contribution in [-0.4, -0.2) is 26.6 Å². The van der Waals surface area contributed by atoms with Crippen LogP contribution in [0, 0.1) is 5.92 Å². The molecule has 1 aliphatic rings. The van der Waals surface area contributed by atoms with Gasteiger partial charge < -0.3 is 15.2 Å². The first-order valence-electron chi connectivity index (χ1n) is 4.56. The van der Waals surface area contributed by atoms with E-state index in [0.717, 1.165) is 25.8 Å². The van der Waals surface area contributed by atoms with Crippen LogP contribution in [0.2, 0.25) is 0 Å². The zero-order valence-corrected chi connectivity index (χ0v) is 8.01. The van der Waals surface area contributed by atoms with Crippen molar-refractivity contribution in [2.24, 2.45) is 11.7 Å². The molecule has 0 aromatic carbocycles. The molecule has 72 valence electrons. The minimum atomic E-state index is -0.306. The normalized spacial score (nSPS) is 27.8. The summed E-state index contributed by atoms with van der Waals surface area (Å²) < 4.78 is 10.7. The fourth-order valence-electron chi connectivity index (χ4n) is 2.00. The molecule has 0 aromatic heterocycles. The quantitative estimate of drug-likeness (QED) is 0.648. The van der Waals surface area contributed by atoms with E-state index in [0.29, 0.717) is 5.92 Å². The number of nitrogens with two attached hydrogens (primary N) is 1. The van der Waals surface area contributed by atoms with Gasteiger partial charge in [0.05, 0.1) is 0 Å². The third-order valence-corrected chi connectivity index (χ3v) is 2.85. The number of ether oxygens (including phenoxy) is 2. The molecule has 1 rings (SSSR count). The molecule has 1 aliphatic carbocycles. The number of rotatable bonds is 4. The van der Waals surface area contributed by atoms with Gasteiger partial charge >= 0.3 is 0 Å². The van der Waals surface area contributed by atoms with Crippen molar-refractivity contribution in [3.8, 4) is 0 Å². The summed E-state index contributed by atoms with van der Waals surface area (Å²) in [4.78, 5) is 0. The van der Waals surface area contributed by atoms with E-state index in [1.165, 1.54) is 6.42 Å². The average molecular weight is 173 g/mol. The second-order valence-electron chi connectivity index (χ2n) is 3.51. The molecule has 0 saturated heterocycles. The molecule has 3 heteroatoms. The van der Waals surface area contributed by atoms with Gasteiger partial charge in [-0.1, -0.05) is 0 Å². The van der Waals surface area contributed by atoms with Crippen molar-refractivity contribution >= 4 is 0 Å². The molecule has 0 amide bonds. The predicted molar refractivity (Wildman–Crippen MR) is 47.8 cm³/mol. The van der Waals surface area contributed by atoms with Crippen molar-refractivity contribution < 1.29 is 9.47 Å². The minimum absolute atomic E-state index is 0.306. The van der Waals surface area contributed by atoms with Gasteiger partial charge in [0.1, 0.15) is 0 Å². The number of hydrogen-bond acceptors (Lipinski definition) is 3. The van der Waals surface area contributed by atoms with Gasteiger partial charge in [0, 0.05) is 27.1 Å². The fraction of sp³-hybridized carbons (Fsp3) is 1.00. The van der Waals surface area contributed by atoms with Gasteiger partial charge in [-0.2, -0.15) is 0 Å². The summed E-state index contributed by atoms with van der Waals surface area (Å²) in [5.41, 5.74) is 5.50. The molecule has 0 aromatic rings. The van der Waals surface area contributed by atoms with Crippen LogP contribution in [0.15, 0.2) is 0 Å². The van der Waals surface area contributed by atoms with Crippen molar-refractivity contribution in [2.75, 3.05) is 20.8 Å². The van der Waals surface area contributed by atoms with Gasteiger partial charge in [-0.15, -0.1) is 0 Å². The predicted octanol–water partition coefficient (Wildman–Crippen LogP) is 1.12. The van der Waals surface area contributed by atoms with E-state index < -0.39 is 0 Å². The Bertz CT molecular complexity index is 134. The zero-order chi connectivity index (χ0) is 9.03. The third kappa shape index (κ3) is 1.97. The van der Waals surface area contributed by atoms with E-state index in [-0.39, 0.29) is 5.79 Å². The second kappa shape index (κ2) is 4.21. The molecule has 0 aliphatic heterocycles. The Morgan fingerprint density at radius 1 is 1.42 bits per heavy atom. The fourth-order valence-corrected chi connectivity index (χ4v) is 2.00. The van der Waals surface area contributed by atoms with Gasteiger partial charge in [0.25, 0.3) is 0 Å². The van der Waals surface area contributed by atoms with Crippen LogP contribution in [0.1, 0.15) is 25.7 Å². The van der Waals surface area contributed by atoms with Crippen LogP contribution in [0.5, 0.6) is 0 Å².